The SMILES string of the molecule is CC(C)CCc1noc(-c2ccccc2C(=O)O)n1. The summed E-state index contributed by atoms with van der Waals surface area (Å²) in [5, 5.41) is 13.0. The highest BCUT2D eigenvalue weighted by Gasteiger charge is 2.16. The monoisotopic (exact) mass is 260 g/mol. The van der Waals surface area contributed by atoms with Gasteiger partial charge < -0.3 is 9.63 Å². The number of aryl methyl sites for hydroxylation is 1. The van der Waals surface area contributed by atoms with Crippen molar-refractivity contribution in [3.05, 3.63) is 35.7 Å². The molecule has 0 saturated carbocycles. The highest BCUT2D eigenvalue weighted by molar-refractivity contribution is 5.94. The molecule has 2 aromatic rings. The van der Waals surface area contributed by atoms with Gasteiger partial charge >= 0.3 is 5.97 Å². The van der Waals surface area contributed by atoms with Gasteiger partial charge in [-0.3, -0.25) is 0 Å². The lowest BCUT2D eigenvalue weighted by Gasteiger charge is -2.00. The van der Waals surface area contributed by atoms with E-state index in [1.165, 1.54) is 6.07 Å². The molecule has 0 amide bonds. The molecule has 0 aliphatic carbocycles. The molecule has 100 valence electrons. The Balaban J connectivity index is 2.25. The second-order valence-electron chi connectivity index (χ2n) is 4.80. The van der Waals surface area contributed by atoms with Gasteiger partial charge in [0.15, 0.2) is 5.82 Å². The minimum absolute atomic E-state index is 0.168. The number of aromatic nitrogens is 2. The lowest BCUT2D eigenvalue weighted by atomic mass is 10.1. The molecule has 1 aromatic carbocycles. The van der Waals surface area contributed by atoms with Crippen LogP contribution in [0.4, 0.5) is 0 Å². The molecule has 0 unspecified atom stereocenters. The van der Waals surface area contributed by atoms with Crippen LogP contribution in [0.25, 0.3) is 11.5 Å². The number of benzene rings is 1. The second kappa shape index (κ2) is 5.65. The van der Waals surface area contributed by atoms with Crippen molar-refractivity contribution in [1.29, 1.82) is 0 Å². The first kappa shape index (κ1) is 13.3. The number of aromatic carboxylic acids is 1. The summed E-state index contributed by atoms with van der Waals surface area (Å²) in [7, 11) is 0. The number of carbonyl (C=O) groups is 1. The van der Waals surface area contributed by atoms with Crippen LogP contribution in [0, 0.1) is 5.92 Å². The average molecular weight is 260 g/mol. The van der Waals surface area contributed by atoms with E-state index in [-0.39, 0.29) is 11.5 Å². The summed E-state index contributed by atoms with van der Waals surface area (Å²) in [5.41, 5.74) is 0.625. The highest BCUT2D eigenvalue weighted by Crippen LogP contribution is 2.22. The Morgan fingerprint density at radius 3 is 2.79 bits per heavy atom. The van der Waals surface area contributed by atoms with E-state index in [0.29, 0.717) is 17.3 Å². The topological polar surface area (TPSA) is 76.2 Å². The Bertz CT molecular complexity index is 576. The maximum absolute atomic E-state index is 11.1. The van der Waals surface area contributed by atoms with Gasteiger partial charge in [-0.25, -0.2) is 4.79 Å². The quantitative estimate of drug-likeness (QED) is 0.894. The lowest BCUT2D eigenvalue weighted by Crippen LogP contribution is -1.99. The van der Waals surface area contributed by atoms with E-state index in [9.17, 15) is 4.79 Å². The number of hydrogen-bond acceptors (Lipinski definition) is 4. The summed E-state index contributed by atoms with van der Waals surface area (Å²) in [6, 6.07) is 6.61. The summed E-state index contributed by atoms with van der Waals surface area (Å²) in [6.45, 7) is 4.25. The molecule has 19 heavy (non-hydrogen) atoms. The van der Waals surface area contributed by atoms with Crippen molar-refractivity contribution in [1.82, 2.24) is 10.1 Å². The van der Waals surface area contributed by atoms with Gasteiger partial charge in [0.1, 0.15) is 0 Å². The Morgan fingerprint density at radius 2 is 2.11 bits per heavy atom. The van der Waals surface area contributed by atoms with Crippen LogP contribution in [-0.4, -0.2) is 21.2 Å². The van der Waals surface area contributed by atoms with Crippen molar-refractivity contribution in [2.45, 2.75) is 26.7 Å². The molecule has 0 fully saturated rings. The first-order valence-electron chi connectivity index (χ1n) is 6.23. The van der Waals surface area contributed by atoms with Gasteiger partial charge in [0.05, 0.1) is 11.1 Å². The fourth-order valence-electron chi connectivity index (χ4n) is 1.74. The minimum atomic E-state index is -1.00. The molecule has 1 aromatic heterocycles. The van der Waals surface area contributed by atoms with Crippen molar-refractivity contribution in [2.24, 2.45) is 5.92 Å². The van der Waals surface area contributed by atoms with Crippen molar-refractivity contribution in [3.8, 4) is 11.5 Å². The van der Waals surface area contributed by atoms with Crippen molar-refractivity contribution >= 4 is 5.97 Å². The van der Waals surface area contributed by atoms with Crippen LogP contribution < -0.4 is 0 Å². The van der Waals surface area contributed by atoms with Crippen LogP contribution in [0.2, 0.25) is 0 Å². The van der Waals surface area contributed by atoms with Gasteiger partial charge in [0, 0.05) is 6.42 Å². The molecule has 0 saturated heterocycles. The molecule has 5 nitrogen and oxygen atoms in total. The Labute approximate surface area is 111 Å². The van der Waals surface area contributed by atoms with E-state index >= 15 is 0 Å². The zero-order valence-corrected chi connectivity index (χ0v) is 11.0. The number of carboxylic acid groups (broad SMARTS) is 1. The zero-order valence-electron chi connectivity index (χ0n) is 11.0. The van der Waals surface area contributed by atoms with E-state index in [1.54, 1.807) is 18.2 Å². The molecule has 0 spiro atoms. The van der Waals surface area contributed by atoms with E-state index in [0.717, 1.165) is 12.8 Å². The van der Waals surface area contributed by atoms with E-state index < -0.39 is 5.97 Å². The normalized spacial score (nSPS) is 10.9. The van der Waals surface area contributed by atoms with Crippen LogP contribution in [0.3, 0.4) is 0 Å². The van der Waals surface area contributed by atoms with Crippen LogP contribution in [-0.2, 0) is 6.42 Å². The molecule has 5 heteroatoms. The van der Waals surface area contributed by atoms with Crippen molar-refractivity contribution < 1.29 is 14.4 Å². The smallest absolute Gasteiger partial charge is 0.336 e. The second-order valence-corrected chi connectivity index (χ2v) is 4.80. The number of rotatable bonds is 5. The predicted molar refractivity (Wildman–Crippen MR) is 69.9 cm³/mol. The lowest BCUT2D eigenvalue weighted by molar-refractivity contribution is 0.0697. The van der Waals surface area contributed by atoms with Crippen molar-refractivity contribution in [3.63, 3.8) is 0 Å². The molecule has 2 rings (SSSR count). The first-order chi connectivity index (χ1) is 9.08. The summed E-state index contributed by atoms with van der Waals surface area (Å²) in [5.74, 6) is 0.437. The maximum atomic E-state index is 11.1. The molecule has 0 aliphatic heterocycles. The van der Waals surface area contributed by atoms with Gasteiger partial charge in [0.2, 0.25) is 0 Å². The third-order valence-corrected chi connectivity index (χ3v) is 2.80. The minimum Gasteiger partial charge on any atom is -0.478 e. The van der Waals surface area contributed by atoms with E-state index in [2.05, 4.69) is 24.0 Å². The zero-order chi connectivity index (χ0) is 13.8. The summed E-state index contributed by atoms with van der Waals surface area (Å²) in [4.78, 5) is 15.4. The molecule has 0 atom stereocenters. The molecular formula is C14H16N2O3. The Kier molecular flexibility index (Phi) is 3.94. The third kappa shape index (κ3) is 3.19. The first-order valence-corrected chi connectivity index (χ1v) is 6.23. The number of nitrogens with zero attached hydrogens (tertiary/aromatic N) is 2. The van der Waals surface area contributed by atoms with Crippen LogP contribution in [0.5, 0.6) is 0 Å². The molecular weight excluding hydrogens is 244 g/mol. The fraction of sp³-hybridized carbons (Fsp3) is 0.357. The molecule has 0 aliphatic rings. The molecule has 0 bridgehead atoms. The van der Waals surface area contributed by atoms with E-state index in [1.807, 2.05) is 0 Å². The maximum Gasteiger partial charge on any atom is 0.336 e. The Hall–Kier alpha value is -2.17. The van der Waals surface area contributed by atoms with Gasteiger partial charge in [-0.1, -0.05) is 31.1 Å². The van der Waals surface area contributed by atoms with Gasteiger partial charge in [-0.2, -0.15) is 4.98 Å². The van der Waals surface area contributed by atoms with Gasteiger partial charge in [-0.15, -0.1) is 0 Å². The summed E-state index contributed by atoms with van der Waals surface area (Å²) >= 11 is 0. The molecule has 0 radical (unpaired) electrons. The fourth-order valence-corrected chi connectivity index (χ4v) is 1.74. The predicted octanol–water partition coefficient (Wildman–Crippen LogP) is 3.02. The average Bonchev–Trinajstić information content (AvgIpc) is 2.85. The third-order valence-electron chi connectivity index (χ3n) is 2.80. The number of hydrogen-bond donors (Lipinski definition) is 1. The molecule has 1 N–H and O–H groups in total. The van der Waals surface area contributed by atoms with Crippen LogP contribution in [0.15, 0.2) is 28.8 Å². The molecule has 1 heterocycles. The van der Waals surface area contributed by atoms with Crippen LogP contribution in [0.1, 0.15) is 36.5 Å². The Morgan fingerprint density at radius 1 is 1.37 bits per heavy atom. The van der Waals surface area contributed by atoms with Crippen molar-refractivity contribution in [2.75, 3.05) is 0 Å². The van der Waals surface area contributed by atoms with Gasteiger partial charge in [-0.05, 0) is 24.5 Å². The number of carboxylic acids is 1. The highest BCUT2D eigenvalue weighted by atomic mass is 16.5. The summed E-state index contributed by atoms with van der Waals surface area (Å²) < 4.78 is 5.15. The van der Waals surface area contributed by atoms with E-state index in [4.69, 9.17) is 9.63 Å². The van der Waals surface area contributed by atoms with Gasteiger partial charge in [0.25, 0.3) is 5.89 Å². The summed E-state index contributed by atoms with van der Waals surface area (Å²) in [6.07, 6.45) is 1.70. The largest absolute Gasteiger partial charge is 0.478 e. The standard InChI is InChI=1S/C14H16N2O3/c1-9(2)7-8-12-15-13(19-16-12)10-5-3-4-6-11(10)14(17)18/h3-6,9H,7-8H2,1-2H3,(H,17,18). The van der Waals surface area contributed by atoms with Crippen LogP contribution >= 0.6 is 0 Å².